The first-order valence-electron chi connectivity index (χ1n) is 7.65. The molecule has 2 N–H and O–H groups in total. The zero-order valence-electron chi connectivity index (χ0n) is 12.9. The molecule has 0 bridgehead atoms. The molecule has 0 atom stereocenters. The van der Waals surface area contributed by atoms with Crippen LogP contribution in [-0.4, -0.2) is 9.97 Å². The number of nitrogens with zero attached hydrogens (tertiary/aromatic N) is 1. The lowest BCUT2D eigenvalue weighted by Gasteiger charge is -2.11. The van der Waals surface area contributed by atoms with E-state index in [1.807, 2.05) is 30.7 Å². The Labute approximate surface area is 135 Å². The van der Waals surface area contributed by atoms with Crippen LogP contribution in [0.25, 0.3) is 22.0 Å². The summed E-state index contributed by atoms with van der Waals surface area (Å²) in [4.78, 5) is 7.66. The number of H-pyrrole nitrogens is 1. The summed E-state index contributed by atoms with van der Waals surface area (Å²) in [7, 11) is 0. The number of fused-ring (bicyclic) bond motifs is 1. The first-order valence-corrected chi connectivity index (χ1v) is 7.65. The monoisotopic (exact) mass is 299 g/mol. The number of benzene rings is 2. The molecule has 4 rings (SSSR count). The third-order valence-corrected chi connectivity index (χ3v) is 4.07. The zero-order chi connectivity index (χ0) is 15.6. The SMILES string of the molecule is Cc1ccccc1Nc1cncc(-c2cccc3[nH]ccc23)c1. The minimum atomic E-state index is 0.990. The molecule has 2 aromatic carbocycles. The maximum Gasteiger partial charge on any atom is 0.0577 e. The minimum absolute atomic E-state index is 0.990. The van der Waals surface area contributed by atoms with Crippen molar-refractivity contribution < 1.29 is 0 Å². The fraction of sp³-hybridized carbons (Fsp3) is 0.0500. The summed E-state index contributed by atoms with van der Waals surface area (Å²) in [5.74, 6) is 0. The van der Waals surface area contributed by atoms with Gasteiger partial charge in [0.25, 0.3) is 0 Å². The summed E-state index contributed by atoms with van der Waals surface area (Å²) in [6.07, 6.45) is 5.73. The minimum Gasteiger partial charge on any atom is -0.361 e. The zero-order valence-corrected chi connectivity index (χ0v) is 12.9. The number of pyridine rings is 1. The molecular formula is C20H17N3. The molecule has 0 fully saturated rings. The molecule has 3 nitrogen and oxygen atoms in total. The number of anilines is 2. The largest absolute Gasteiger partial charge is 0.361 e. The van der Waals surface area contributed by atoms with E-state index >= 15 is 0 Å². The quantitative estimate of drug-likeness (QED) is 0.540. The first kappa shape index (κ1) is 13.6. The molecule has 2 heterocycles. The van der Waals surface area contributed by atoms with Crippen molar-refractivity contribution in [1.82, 2.24) is 9.97 Å². The van der Waals surface area contributed by atoms with Crippen LogP contribution in [0.4, 0.5) is 11.4 Å². The summed E-state index contributed by atoms with van der Waals surface area (Å²) in [6, 6.07) is 18.8. The van der Waals surface area contributed by atoms with E-state index in [-0.39, 0.29) is 0 Å². The third-order valence-electron chi connectivity index (χ3n) is 4.07. The molecule has 3 heteroatoms. The van der Waals surface area contributed by atoms with E-state index in [1.165, 1.54) is 16.5 Å². The van der Waals surface area contributed by atoms with Crippen molar-refractivity contribution in [1.29, 1.82) is 0 Å². The Balaban J connectivity index is 1.75. The molecule has 0 saturated heterocycles. The Hall–Kier alpha value is -3.07. The number of aromatic nitrogens is 2. The van der Waals surface area contributed by atoms with E-state index < -0.39 is 0 Å². The normalized spacial score (nSPS) is 10.8. The topological polar surface area (TPSA) is 40.7 Å². The molecule has 4 aromatic rings. The van der Waals surface area contributed by atoms with Crippen LogP contribution in [0.5, 0.6) is 0 Å². The van der Waals surface area contributed by atoms with Crippen LogP contribution in [-0.2, 0) is 0 Å². The second kappa shape index (κ2) is 5.61. The van der Waals surface area contributed by atoms with E-state index in [0.29, 0.717) is 0 Å². The van der Waals surface area contributed by atoms with Gasteiger partial charge in [-0.25, -0.2) is 0 Å². The van der Waals surface area contributed by atoms with Crippen molar-refractivity contribution in [2.75, 3.05) is 5.32 Å². The van der Waals surface area contributed by atoms with Gasteiger partial charge in [-0.1, -0.05) is 30.3 Å². The van der Waals surface area contributed by atoms with Gasteiger partial charge >= 0.3 is 0 Å². The number of nitrogens with one attached hydrogen (secondary N) is 2. The average Bonchev–Trinajstić information content (AvgIpc) is 3.06. The van der Waals surface area contributed by atoms with Crippen molar-refractivity contribution >= 4 is 22.3 Å². The standard InChI is InChI=1S/C20H17N3/c1-14-5-2-3-7-19(14)23-16-11-15(12-21-13-16)17-6-4-8-20-18(17)9-10-22-20/h2-13,22-23H,1H3. The van der Waals surface area contributed by atoms with E-state index in [9.17, 15) is 0 Å². The van der Waals surface area contributed by atoms with Gasteiger partial charge in [0.2, 0.25) is 0 Å². The molecule has 0 aliphatic carbocycles. The highest BCUT2D eigenvalue weighted by Crippen LogP contribution is 2.30. The maximum absolute atomic E-state index is 4.41. The van der Waals surface area contributed by atoms with Gasteiger partial charge in [-0.3, -0.25) is 4.98 Å². The van der Waals surface area contributed by atoms with Crippen molar-refractivity contribution in [3.8, 4) is 11.1 Å². The van der Waals surface area contributed by atoms with Gasteiger partial charge in [-0.15, -0.1) is 0 Å². The first-order chi connectivity index (χ1) is 11.3. The predicted octanol–water partition coefficient (Wildman–Crippen LogP) is 5.28. The molecule has 0 aliphatic heterocycles. The molecule has 0 saturated carbocycles. The number of rotatable bonds is 3. The van der Waals surface area contributed by atoms with Crippen LogP contribution < -0.4 is 5.32 Å². The fourth-order valence-electron chi connectivity index (χ4n) is 2.86. The molecule has 0 spiro atoms. The number of aryl methyl sites for hydroxylation is 1. The molecule has 0 amide bonds. The third kappa shape index (κ3) is 2.57. The van der Waals surface area contributed by atoms with E-state index in [1.54, 1.807) is 0 Å². The van der Waals surface area contributed by atoms with Gasteiger partial charge in [-0.2, -0.15) is 0 Å². The highest BCUT2D eigenvalue weighted by Gasteiger charge is 2.06. The van der Waals surface area contributed by atoms with Gasteiger partial charge in [0, 0.05) is 34.5 Å². The predicted molar refractivity (Wildman–Crippen MR) is 96.0 cm³/mol. The van der Waals surface area contributed by atoms with Gasteiger partial charge in [-0.05, 0) is 42.3 Å². The Morgan fingerprint density at radius 3 is 2.78 bits per heavy atom. The summed E-state index contributed by atoms with van der Waals surface area (Å²) in [6.45, 7) is 2.10. The van der Waals surface area contributed by atoms with Gasteiger partial charge in [0.1, 0.15) is 0 Å². The lowest BCUT2D eigenvalue weighted by molar-refractivity contribution is 1.32. The second-order valence-corrected chi connectivity index (χ2v) is 5.65. The summed E-state index contributed by atoms with van der Waals surface area (Å²) in [5.41, 5.74) is 6.74. The maximum atomic E-state index is 4.41. The molecule has 0 radical (unpaired) electrons. The van der Waals surface area contributed by atoms with E-state index in [2.05, 4.69) is 64.7 Å². The number of aromatic amines is 1. The Bertz CT molecular complexity index is 969. The lowest BCUT2D eigenvalue weighted by atomic mass is 10.0. The Kier molecular flexibility index (Phi) is 3.31. The molecule has 0 unspecified atom stereocenters. The number of hydrogen-bond donors (Lipinski definition) is 2. The van der Waals surface area contributed by atoms with Crippen molar-refractivity contribution in [2.24, 2.45) is 0 Å². The van der Waals surface area contributed by atoms with Crippen LogP contribution in [0, 0.1) is 6.92 Å². The molecule has 0 aliphatic rings. The fourth-order valence-corrected chi connectivity index (χ4v) is 2.86. The van der Waals surface area contributed by atoms with Crippen molar-refractivity contribution in [3.05, 3.63) is 78.8 Å². The smallest absolute Gasteiger partial charge is 0.0577 e. The molecule has 2 aromatic heterocycles. The summed E-state index contributed by atoms with van der Waals surface area (Å²) < 4.78 is 0. The second-order valence-electron chi connectivity index (χ2n) is 5.65. The Morgan fingerprint density at radius 1 is 0.957 bits per heavy atom. The van der Waals surface area contributed by atoms with Crippen molar-refractivity contribution in [3.63, 3.8) is 0 Å². The summed E-state index contributed by atoms with van der Waals surface area (Å²) >= 11 is 0. The molecule has 23 heavy (non-hydrogen) atoms. The van der Waals surface area contributed by atoms with Crippen LogP contribution in [0.3, 0.4) is 0 Å². The van der Waals surface area contributed by atoms with Crippen LogP contribution >= 0.6 is 0 Å². The molecule has 112 valence electrons. The van der Waals surface area contributed by atoms with Gasteiger partial charge in [0.05, 0.1) is 11.9 Å². The van der Waals surface area contributed by atoms with Gasteiger partial charge < -0.3 is 10.3 Å². The lowest BCUT2D eigenvalue weighted by Crippen LogP contribution is -1.94. The van der Waals surface area contributed by atoms with Crippen LogP contribution in [0.15, 0.2) is 73.2 Å². The van der Waals surface area contributed by atoms with Crippen LogP contribution in [0.2, 0.25) is 0 Å². The van der Waals surface area contributed by atoms with E-state index in [0.717, 1.165) is 22.5 Å². The average molecular weight is 299 g/mol. The molecular weight excluding hydrogens is 282 g/mol. The van der Waals surface area contributed by atoms with Gasteiger partial charge in [0.15, 0.2) is 0 Å². The number of hydrogen-bond acceptors (Lipinski definition) is 2. The Morgan fingerprint density at radius 2 is 1.87 bits per heavy atom. The number of para-hydroxylation sites is 1. The highest BCUT2D eigenvalue weighted by molar-refractivity contribution is 5.95. The summed E-state index contributed by atoms with van der Waals surface area (Å²) in [5, 5.41) is 4.66. The highest BCUT2D eigenvalue weighted by atomic mass is 14.9. The van der Waals surface area contributed by atoms with E-state index in [4.69, 9.17) is 0 Å². The van der Waals surface area contributed by atoms with Crippen molar-refractivity contribution in [2.45, 2.75) is 6.92 Å². The van der Waals surface area contributed by atoms with Crippen LogP contribution in [0.1, 0.15) is 5.56 Å².